The van der Waals surface area contributed by atoms with Gasteiger partial charge in [-0.2, -0.15) is 0 Å². The lowest BCUT2D eigenvalue weighted by Crippen LogP contribution is -2.25. The molecule has 1 aromatic heterocycles. The number of hydrogen-bond donors (Lipinski definition) is 0. The van der Waals surface area contributed by atoms with E-state index >= 15 is 0 Å². The van der Waals surface area contributed by atoms with Gasteiger partial charge in [0.25, 0.3) is 0 Å². The third-order valence-electron chi connectivity index (χ3n) is 4.95. The molecule has 0 fully saturated rings. The van der Waals surface area contributed by atoms with E-state index < -0.39 is 0 Å². The molecule has 134 valence electrons. The van der Waals surface area contributed by atoms with E-state index in [4.69, 9.17) is 22.1 Å². The number of hydrogen-bond acceptors (Lipinski definition) is 3. The summed E-state index contributed by atoms with van der Waals surface area (Å²) < 4.78 is 10.7. The van der Waals surface area contributed by atoms with Crippen LogP contribution in [0.4, 0.5) is 0 Å². The molecule has 0 radical (unpaired) electrons. The zero-order valence-electron chi connectivity index (χ0n) is 15.4. The first kappa shape index (κ1) is 17.2. The Balaban J connectivity index is 1.79. The van der Waals surface area contributed by atoms with Gasteiger partial charge in [-0.15, -0.1) is 5.10 Å². The van der Waals surface area contributed by atoms with E-state index in [9.17, 15) is 0 Å². The van der Waals surface area contributed by atoms with Crippen LogP contribution in [0.15, 0.2) is 42.5 Å². The molecular weight excluding hydrogens is 342 g/mol. The van der Waals surface area contributed by atoms with Crippen molar-refractivity contribution >= 4 is 12.2 Å². The Morgan fingerprint density at radius 2 is 1.81 bits per heavy atom. The number of nitrogens with zero attached hydrogens (tertiary/aromatic N) is 3. The molecule has 2 heterocycles. The topological polar surface area (TPSA) is 32.0 Å². The minimum Gasteiger partial charge on any atom is -0.371 e. The zero-order valence-corrected chi connectivity index (χ0v) is 16.2. The van der Waals surface area contributed by atoms with Crippen LogP contribution in [0.2, 0.25) is 0 Å². The standard InChI is InChI=1S/C21H23N3OS/c1-14-9-15(2)20(16(3)10-14)24-21(26)23-18(12-25-13-19(23)22-24)11-17-7-5-4-6-8-17/h4-10,18H,11-13H2,1-3H3/t18-/m0/s1. The third kappa shape index (κ3) is 3.02. The second-order valence-corrected chi connectivity index (χ2v) is 7.45. The zero-order chi connectivity index (χ0) is 18.3. The molecule has 0 amide bonds. The monoisotopic (exact) mass is 365 g/mol. The summed E-state index contributed by atoms with van der Waals surface area (Å²) in [6.07, 6.45) is 0.889. The predicted molar refractivity (Wildman–Crippen MR) is 105 cm³/mol. The summed E-state index contributed by atoms with van der Waals surface area (Å²) in [7, 11) is 0. The second kappa shape index (κ2) is 6.82. The number of fused-ring (bicyclic) bond motifs is 1. The van der Waals surface area contributed by atoms with Gasteiger partial charge in [-0.05, 0) is 56.1 Å². The third-order valence-corrected chi connectivity index (χ3v) is 5.32. The first-order valence-electron chi connectivity index (χ1n) is 8.95. The van der Waals surface area contributed by atoms with E-state index in [0.29, 0.717) is 13.2 Å². The van der Waals surface area contributed by atoms with E-state index in [-0.39, 0.29) is 6.04 Å². The highest BCUT2D eigenvalue weighted by molar-refractivity contribution is 7.71. The van der Waals surface area contributed by atoms with E-state index in [2.05, 4.69) is 61.7 Å². The summed E-state index contributed by atoms with van der Waals surface area (Å²) in [4.78, 5) is 0. The number of rotatable bonds is 3. The van der Waals surface area contributed by atoms with Crippen LogP contribution in [0.1, 0.15) is 34.1 Å². The second-order valence-electron chi connectivity index (χ2n) is 7.09. The van der Waals surface area contributed by atoms with Crippen LogP contribution in [0, 0.1) is 25.5 Å². The van der Waals surface area contributed by atoms with Crippen LogP contribution in [-0.2, 0) is 17.8 Å². The average molecular weight is 366 g/mol. The highest BCUT2D eigenvalue weighted by Gasteiger charge is 2.25. The van der Waals surface area contributed by atoms with Crippen molar-refractivity contribution in [1.82, 2.24) is 14.3 Å². The molecular formula is C21H23N3OS. The van der Waals surface area contributed by atoms with Crippen molar-refractivity contribution in [2.45, 2.75) is 39.8 Å². The summed E-state index contributed by atoms with van der Waals surface area (Å²) >= 11 is 5.85. The molecule has 0 spiro atoms. The summed E-state index contributed by atoms with van der Waals surface area (Å²) in [5, 5.41) is 4.81. The summed E-state index contributed by atoms with van der Waals surface area (Å²) in [5.41, 5.74) is 6.00. The molecule has 0 aliphatic carbocycles. The van der Waals surface area contributed by atoms with Crippen molar-refractivity contribution in [3.05, 3.63) is 75.3 Å². The van der Waals surface area contributed by atoms with Gasteiger partial charge in [0, 0.05) is 0 Å². The van der Waals surface area contributed by atoms with Gasteiger partial charge in [0.15, 0.2) is 5.82 Å². The average Bonchev–Trinajstić information content (AvgIpc) is 2.93. The molecule has 0 saturated carbocycles. The van der Waals surface area contributed by atoms with Gasteiger partial charge in [0.05, 0.1) is 18.3 Å². The van der Waals surface area contributed by atoms with E-state index in [1.807, 2.05) is 10.7 Å². The van der Waals surface area contributed by atoms with Crippen LogP contribution in [0.25, 0.3) is 5.69 Å². The van der Waals surface area contributed by atoms with Crippen LogP contribution in [-0.4, -0.2) is 21.0 Å². The van der Waals surface area contributed by atoms with Crippen LogP contribution in [0.5, 0.6) is 0 Å². The fraction of sp³-hybridized carbons (Fsp3) is 0.333. The van der Waals surface area contributed by atoms with E-state index in [1.54, 1.807) is 0 Å². The van der Waals surface area contributed by atoms with Crippen molar-refractivity contribution in [1.29, 1.82) is 0 Å². The molecule has 3 aromatic rings. The lowest BCUT2D eigenvalue weighted by Gasteiger charge is -2.24. The molecule has 4 nitrogen and oxygen atoms in total. The van der Waals surface area contributed by atoms with Gasteiger partial charge in [-0.3, -0.25) is 4.57 Å². The fourth-order valence-corrected chi connectivity index (χ4v) is 4.32. The fourth-order valence-electron chi connectivity index (χ4n) is 3.93. The Morgan fingerprint density at radius 1 is 1.12 bits per heavy atom. The molecule has 0 N–H and O–H groups in total. The van der Waals surface area contributed by atoms with Gasteiger partial charge in [0.1, 0.15) is 6.61 Å². The number of aromatic nitrogens is 3. The molecule has 5 heteroatoms. The molecule has 26 heavy (non-hydrogen) atoms. The molecule has 4 rings (SSSR count). The van der Waals surface area contributed by atoms with Crippen molar-refractivity contribution in [3.63, 3.8) is 0 Å². The normalized spacial score (nSPS) is 16.5. The van der Waals surface area contributed by atoms with Crippen molar-refractivity contribution in [2.24, 2.45) is 0 Å². The summed E-state index contributed by atoms with van der Waals surface area (Å²) in [5.74, 6) is 0.904. The highest BCUT2D eigenvalue weighted by Crippen LogP contribution is 2.27. The largest absolute Gasteiger partial charge is 0.371 e. The van der Waals surface area contributed by atoms with Gasteiger partial charge in [-0.25, -0.2) is 4.68 Å². The Hall–Kier alpha value is -2.24. The molecule has 0 unspecified atom stereocenters. The van der Waals surface area contributed by atoms with Crippen LogP contribution in [0.3, 0.4) is 0 Å². The Labute approximate surface area is 159 Å². The highest BCUT2D eigenvalue weighted by atomic mass is 32.1. The van der Waals surface area contributed by atoms with Crippen molar-refractivity contribution in [3.8, 4) is 5.69 Å². The minimum absolute atomic E-state index is 0.175. The minimum atomic E-state index is 0.175. The maximum Gasteiger partial charge on any atom is 0.203 e. The first-order chi connectivity index (χ1) is 12.5. The number of benzene rings is 2. The molecule has 2 aromatic carbocycles. The molecule has 1 aliphatic rings. The molecule has 0 bridgehead atoms. The van der Waals surface area contributed by atoms with Crippen LogP contribution < -0.4 is 0 Å². The molecule has 1 aliphatic heterocycles. The van der Waals surface area contributed by atoms with Gasteiger partial charge in [-0.1, -0.05) is 48.0 Å². The van der Waals surface area contributed by atoms with E-state index in [0.717, 1.165) is 22.7 Å². The van der Waals surface area contributed by atoms with Crippen LogP contribution >= 0.6 is 12.2 Å². The lowest BCUT2D eigenvalue weighted by molar-refractivity contribution is 0.0542. The Kier molecular flexibility index (Phi) is 4.51. The maximum atomic E-state index is 5.85. The van der Waals surface area contributed by atoms with Gasteiger partial charge >= 0.3 is 0 Å². The van der Waals surface area contributed by atoms with Crippen molar-refractivity contribution < 1.29 is 4.74 Å². The number of aryl methyl sites for hydroxylation is 3. The van der Waals surface area contributed by atoms with E-state index in [1.165, 1.54) is 22.3 Å². The predicted octanol–water partition coefficient (Wildman–Crippen LogP) is 4.64. The Bertz CT molecular complexity index is 981. The molecule has 0 saturated heterocycles. The summed E-state index contributed by atoms with van der Waals surface area (Å²) in [6, 6.07) is 15.0. The SMILES string of the molecule is Cc1cc(C)c(-n2nc3n(c2=S)[C@@H](Cc2ccccc2)COC3)c(C)c1. The summed E-state index contributed by atoms with van der Waals surface area (Å²) in [6.45, 7) is 7.52. The molecule has 1 atom stereocenters. The quantitative estimate of drug-likeness (QED) is 0.634. The smallest absolute Gasteiger partial charge is 0.203 e. The first-order valence-corrected chi connectivity index (χ1v) is 9.35. The van der Waals surface area contributed by atoms with Crippen molar-refractivity contribution in [2.75, 3.05) is 6.61 Å². The lowest BCUT2D eigenvalue weighted by atomic mass is 10.1. The maximum absolute atomic E-state index is 5.85. The van der Waals surface area contributed by atoms with Gasteiger partial charge < -0.3 is 4.74 Å². The number of ether oxygens (including phenoxy) is 1. The van der Waals surface area contributed by atoms with Gasteiger partial charge in [0.2, 0.25) is 4.77 Å². The Morgan fingerprint density at radius 3 is 2.50 bits per heavy atom.